The Kier molecular flexibility index (Phi) is 3.92. The van der Waals surface area contributed by atoms with Crippen LogP contribution in [0.4, 0.5) is 0 Å². The fourth-order valence-electron chi connectivity index (χ4n) is 3.65. The summed E-state index contributed by atoms with van der Waals surface area (Å²) >= 11 is 0. The standard InChI is InChI=1S/C18H23N3O3/c1-20-9-7-19-17(20)15(22)13-3-2-8-21(11-13)18(23)14-6-10-24-16(14)12-4-5-12/h6-7,9-10,12-13,15,22H,2-5,8,11H2,1H3. The summed E-state index contributed by atoms with van der Waals surface area (Å²) < 4.78 is 7.38. The summed E-state index contributed by atoms with van der Waals surface area (Å²) in [5, 5.41) is 10.7. The zero-order valence-corrected chi connectivity index (χ0v) is 13.9. The summed E-state index contributed by atoms with van der Waals surface area (Å²) in [7, 11) is 1.88. The van der Waals surface area contributed by atoms with Crippen LogP contribution in [0.15, 0.2) is 29.1 Å². The fourth-order valence-corrected chi connectivity index (χ4v) is 3.65. The van der Waals surface area contributed by atoms with Crippen LogP contribution in [-0.2, 0) is 7.05 Å². The lowest BCUT2D eigenvalue weighted by molar-refractivity contribution is 0.0357. The number of carbonyl (C=O) groups excluding carboxylic acids is 1. The number of hydrogen-bond acceptors (Lipinski definition) is 4. The van der Waals surface area contributed by atoms with E-state index < -0.39 is 6.10 Å². The van der Waals surface area contributed by atoms with Crippen LogP contribution < -0.4 is 0 Å². The van der Waals surface area contributed by atoms with E-state index in [4.69, 9.17) is 4.42 Å². The number of rotatable bonds is 4. The SMILES string of the molecule is Cn1ccnc1C(O)C1CCCN(C(=O)c2ccoc2C2CC2)C1. The van der Waals surface area contributed by atoms with Crippen LogP contribution in [-0.4, -0.2) is 38.6 Å². The van der Waals surface area contributed by atoms with Gasteiger partial charge in [0.1, 0.15) is 17.7 Å². The fraction of sp³-hybridized carbons (Fsp3) is 0.556. The number of nitrogens with zero attached hydrogens (tertiary/aromatic N) is 3. The predicted octanol–water partition coefficient (Wildman–Crippen LogP) is 2.48. The molecule has 0 spiro atoms. The van der Waals surface area contributed by atoms with E-state index in [1.54, 1.807) is 18.5 Å². The van der Waals surface area contributed by atoms with Gasteiger partial charge in [0.25, 0.3) is 5.91 Å². The van der Waals surface area contributed by atoms with E-state index in [2.05, 4.69) is 4.98 Å². The largest absolute Gasteiger partial charge is 0.468 e. The van der Waals surface area contributed by atoms with Gasteiger partial charge in [0.2, 0.25) is 0 Å². The highest BCUT2D eigenvalue weighted by atomic mass is 16.3. The number of amides is 1. The maximum absolute atomic E-state index is 12.9. The van der Waals surface area contributed by atoms with Gasteiger partial charge in [-0.15, -0.1) is 0 Å². The normalized spacial score (nSPS) is 22.6. The van der Waals surface area contributed by atoms with Gasteiger partial charge in [-0.2, -0.15) is 0 Å². The molecule has 1 saturated carbocycles. The predicted molar refractivity (Wildman–Crippen MR) is 87.5 cm³/mol. The van der Waals surface area contributed by atoms with Gasteiger partial charge < -0.3 is 19.0 Å². The van der Waals surface area contributed by atoms with Crippen molar-refractivity contribution in [2.45, 2.75) is 37.7 Å². The lowest BCUT2D eigenvalue weighted by Gasteiger charge is -2.34. The number of hydrogen-bond donors (Lipinski definition) is 1. The van der Waals surface area contributed by atoms with E-state index in [-0.39, 0.29) is 11.8 Å². The summed E-state index contributed by atoms with van der Waals surface area (Å²) in [5.74, 6) is 1.96. The van der Waals surface area contributed by atoms with Gasteiger partial charge in [-0.3, -0.25) is 4.79 Å². The Morgan fingerprint density at radius 2 is 2.25 bits per heavy atom. The maximum atomic E-state index is 12.9. The quantitative estimate of drug-likeness (QED) is 0.935. The smallest absolute Gasteiger partial charge is 0.257 e. The van der Waals surface area contributed by atoms with Crippen molar-refractivity contribution in [3.63, 3.8) is 0 Å². The molecule has 2 fully saturated rings. The van der Waals surface area contributed by atoms with Crippen LogP contribution >= 0.6 is 0 Å². The summed E-state index contributed by atoms with van der Waals surface area (Å²) in [6.45, 7) is 1.29. The second-order valence-electron chi connectivity index (χ2n) is 6.97. The van der Waals surface area contributed by atoms with Crippen molar-refractivity contribution >= 4 is 5.91 Å². The Hall–Kier alpha value is -2.08. The van der Waals surface area contributed by atoms with Crippen molar-refractivity contribution in [3.05, 3.63) is 41.9 Å². The van der Waals surface area contributed by atoms with Gasteiger partial charge in [0.05, 0.1) is 11.8 Å². The third-order valence-electron chi connectivity index (χ3n) is 5.19. The maximum Gasteiger partial charge on any atom is 0.257 e. The Labute approximate surface area is 141 Å². The third-order valence-corrected chi connectivity index (χ3v) is 5.19. The molecule has 2 aliphatic rings. The van der Waals surface area contributed by atoms with Crippen molar-refractivity contribution in [3.8, 4) is 0 Å². The van der Waals surface area contributed by atoms with E-state index in [0.29, 0.717) is 23.9 Å². The molecule has 1 N–H and O–H groups in total. The Morgan fingerprint density at radius 3 is 2.96 bits per heavy atom. The van der Waals surface area contributed by atoms with Crippen LogP contribution in [0.2, 0.25) is 0 Å². The first-order chi connectivity index (χ1) is 11.6. The molecule has 0 aromatic carbocycles. The van der Waals surface area contributed by atoms with E-state index in [1.165, 1.54) is 0 Å². The van der Waals surface area contributed by atoms with Gasteiger partial charge in [-0.1, -0.05) is 0 Å². The Balaban J connectivity index is 1.49. The number of likely N-dealkylation sites (tertiary alicyclic amines) is 1. The van der Waals surface area contributed by atoms with Gasteiger partial charge in [0, 0.05) is 44.4 Å². The van der Waals surface area contributed by atoms with Crippen LogP contribution in [0.25, 0.3) is 0 Å². The van der Waals surface area contributed by atoms with Crippen molar-refractivity contribution in [1.82, 2.24) is 14.5 Å². The number of aromatic nitrogens is 2. The molecule has 2 aromatic heterocycles. The van der Waals surface area contributed by atoms with Crippen LogP contribution in [0, 0.1) is 5.92 Å². The molecule has 1 aliphatic heterocycles. The molecular formula is C18H23N3O3. The topological polar surface area (TPSA) is 71.5 Å². The first-order valence-corrected chi connectivity index (χ1v) is 8.67. The number of furan rings is 1. The Bertz CT molecular complexity index is 731. The number of carbonyl (C=O) groups is 1. The van der Waals surface area contributed by atoms with Crippen molar-refractivity contribution in [2.75, 3.05) is 13.1 Å². The van der Waals surface area contributed by atoms with Crippen LogP contribution in [0.5, 0.6) is 0 Å². The van der Waals surface area contributed by atoms with Gasteiger partial charge in [0.15, 0.2) is 0 Å². The minimum Gasteiger partial charge on any atom is -0.468 e. The molecule has 24 heavy (non-hydrogen) atoms. The Morgan fingerprint density at radius 1 is 1.42 bits per heavy atom. The van der Waals surface area contributed by atoms with E-state index >= 15 is 0 Å². The summed E-state index contributed by atoms with van der Waals surface area (Å²) in [5.41, 5.74) is 0.699. The van der Waals surface area contributed by atoms with Gasteiger partial charge in [-0.05, 0) is 31.7 Å². The lowest BCUT2D eigenvalue weighted by Crippen LogP contribution is -2.42. The molecule has 1 aliphatic carbocycles. The molecule has 2 unspecified atom stereocenters. The minimum absolute atomic E-state index is 0.0140. The first-order valence-electron chi connectivity index (χ1n) is 8.67. The monoisotopic (exact) mass is 329 g/mol. The minimum atomic E-state index is -0.646. The zero-order chi connectivity index (χ0) is 16.7. The molecule has 4 rings (SSSR count). The average Bonchev–Trinajstić information content (AvgIpc) is 3.17. The number of piperidine rings is 1. The van der Waals surface area contributed by atoms with Gasteiger partial charge in [-0.25, -0.2) is 4.98 Å². The molecule has 6 nitrogen and oxygen atoms in total. The molecular weight excluding hydrogens is 306 g/mol. The third kappa shape index (κ3) is 2.75. The molecule has 6 heteroatoms. The zero-order valence-electron chi connectivity index (χ0n) is 13.9. The number of aliphatic hydroxyl groups is 1. The average molecular weight is 329 g/mol. The second kappa shape index (κ2) is 6.09. The molecule has 2 aromatic rings. The van der Waals surface area contributed by atoms with Gasteiger partial charge >= 0.3 is 0 Å². The number of imidazole rings is 1. The highest BCUT2D eigenvalue weighted by molar-refractivity contribution is 5.95. The second-order valence-corrected chi connectivity index (χ2v) is 6.97. The molecule has 128 valence electrons. The number of aryl methyl sites for hydroxylation is 1. The molecule has 0 radical (unpaired) electrons. The van der Waals surface area contributed by atoms with Crippen LogP contribution in [0.3, 0.4) is 0 Å². The van der Waals surface area contributed by atoms with E-state index in [1.807, 2.05) is 22.7 Å². The highest BCUT2D eigenvalue weighted by Gasteiger charge is 2.35. The lowest BCUT2D eigenvalue weighted by atomic mass is 9.91. The molecule has 1 saturated heterocycles. The number of aliphatic hydroxyl groups excluding tert-OH is 1. The molecule has 0 bridgehead atoms. The summed E-state index contributed by atoms with van der Waals surface area (Å²) in [6.07, 6.45) is 8.50. The molecule has 2 atom stereocenters. The molecule has 3 heterocycles. The van der Waals surface area contributed by atoms with E-state index in [0.717, 1.165) is 38.0 Å². The first kappa shape index (κ1) is 15.4. The summed E-state index contributed by atoms with van der Waals surface area (Å²) in [4.78, 5) is 19.0. The van der Waals surface area contributed by atoms with Crippen molar-refractivity contribution < 1.29 is 14.3 Å². The van der Waals surface area contributed by atoms with E-state index in [9.17, 15) is 9.90 Å². The summed E-state index contributed by atoms with van der Waals surface area (Å²) in [6, 6.07) is 1.79. The highest BCUT2D eigenvalue weighted by Crippen LogP contribution is 2.42. The molecule has 1 amide bonds. The van der Waals surface area contributed by atoms with Crippen molar-refractivity contribution in [2.24, 2.45) is 13.0 Å². The van der Waals surface area contributed by atoms with Crippen molar-refractivity contribution in [1.29, 1.82) is 0 Å². The van der Waals surface area contributed by atoms with Crippen LogP contribution in [0.1, 0.15) is 59.6 Å².